The average molecular weight is 292 g/mol. The van der Waals surface area contributed by atoms with Crippen LogP contribution in [0.25, 0.3) is 0 Å². The van der Waals surface area contributed by atoms with Crippen LogP contribution in [0.2, 0.25) is 5.02 Å². The minimum atomic E-state index is 0.513. The summed E-state index contributed by atoms with van der Waals surface area (Å²) in [4.78, 5) is 7.02. The van der Waals surface area contributed by atoms with Crippen LogP contribution in [0.5, 0.6) is 0 Å². The molecule has 0 aromatic heterocycles. The van der Waals surface area contributed by atoms with Crippen molar-refractivity contribution in [2.45, 2.75) is 38.1 Å². The van der Waals surface area contributed by atoms with Gasteiger partial charge in [0.1, 0.15) is 0 Å². The van der Waals surface area contributed by atoms with Crippen molar-refractivity contribution in [3.05, 3.63) is 34.9 Å². The monoisotopic (exact) mass is 291 g/mol. The highest BCUT2D eigenvalue weighted by Crippen LogP contribution is 2.41. The van der Waals surface area contributed by atoms with Crippen LogP contribution < -0.4 is 5.32 Å². The number of hydrogen-bond acceptors (Lipinski definition) is 1. The molecule has 3 nitrogen and oxygen atoms in total. The Morgan fingerprint density at radius 2 is 2.20 bits per heavy atom. The van der Waals surface area contributed by atoms with Gasteiger partial charge in [0.05, 0.1) is 0 Å². The number of hydrogen-bond donors (Lipinski definition) is 1. The number of nitrogens with one attached hydrogen (secondary N) is 1. The van der Waals surface area contributed by atoms with Crippen molar-refractivity contribution in [3.63, 3.8) is 0 Å². The molecule has 0 bridgehead atoms. The van der Waals surface area contributed by atoms with Gasteiger partial charge in [0.15, 0.2) is 5.96 Å². The predicted octanol–water partition coefficient (Wildman–Crippen LogP) is 3.26. The van der Waals surface area contributed by atoms with Gasteiger partial charge in [-0.05, 0) is 43.9 Å². The maximum Gasteiger partial charge on any atom is 0.194 e. The van der Waals surface area contributed by atoms with E-state index in [-0.39, 0.29) is 0 Å². The number of aliphatic imine (C=N–C) groups is 1. The van der Waals surface area contributed by atoms with Crippen LogP contribution in [0.3, 0.4) is 0 Å². The zero-order valence-electron chi connectivity index (χ0n) is 12.0. The highest BCUT2D eigenvalue weighted by Gasteiger charge is 2.39. The first-order chi connectivity index (χ1) is 9.78. The van der Waals surface area contributed by atoms with Gasteiger partial charge in [0.25, 0.3) is 0 Å². The lowest BCUT2D eigenvalue weighted by molar-refractivity contribution is 0.490. The molecule has 1 N–H and O–H groups in total. The van der Waals surface area contributed by atoms with E-state index in [9.17, 15) is 0 Å². The van der Waals surface area contributed by atoms with Crippen LogP contribution in [-0.2, 0) is 0 Å². The van der Waals surface area contributed by atoms with Gasteiger partial charge in [-0.1, -0.05) is 23.7 Å². The molecule has 1 aliphatic heterocycles. The lowest BCUT2D eigenvalue weighted by Gasteiger charge is -2.21. The molecule has 20 heavy (non-hydrogen) atoms. The lowest BCUT2D eigenvalue weighted by Crippen LogP contribution is -2.41. The van der Waals surface area contributed by atoms with Crippen molar-refractivity contribution in [2.75, 3.05) is 19.6 Å². The summed E-state index contributed by atoms with van der Waals surface area (Å²) in [5, 5.41) is 4.46. The van der Waals surface area contributed by atoms with Gasteiger partial charge >= 0.3 is 0 Å². The molecule has 0 amide bonds. The van der Waals surface area contributed by atoms with Gasteiger partial charge in [-0.3, -0.25) is 4.99 Å². The fourth-order valence-corrected chi connectivity index (χ4v) is 3.14. The van der Waals surface area contributed by atoms with E-state index in [0.717, 1.165) is 30.6 Å². The summed E-state index contributed by atoms with van der Waals surface area (Å²) in [5.74, 6) is 1.68. The highest BCUT2D eigenvalue weighted by molar-refractivity contribution is 6.30. The Labute approximate surface area is 126 Å². The van der Waals surface area contributed by atoms with E-state index in [2.05, 4.69) is 34.3 Å². The predicted molar refractivity (Wildman–Crippen MR) is 84.5 cm³/mol. The van der Waals surface area contributed by atoms with Crippen molar-refractivity contribution < 1.29 is 0 Å². The maximum absolute atomic E-state index is 6.07. The third-order valence-corrected chi connectivity index (χ3v) is 4.33. The largest absolute Gasteiger partial charge is 0.353 e. The van der Waals surface area contributed by atoms with Crippen molar-refractivity contribution in [1.82, 2.24) is 10.2 Å². The van der Waals surface area contributed by atoms with Crippen LogP contribution in [0.15, 0.2) is 29.3 Å². The Morgan fingerprint density at radius 1 is 1.40 bits per heavy atom. The molecule has 2 atom stereocenters. The zero-order chi connectivity index (χ0) is 13.9. The van der Waals surface area contributed by atoms with E-state index in [1.807, 2.05) is 12.1 Å². The summed E-state index contributed by atoms with van der Waals surface area (Å²) in [5.41, 5.74) is 1.34. The number of nitrogens with zero attached hydrogens (tertiary/aromatic N) is 2. The van der Waals surface area contributed by atoms with E-state index in [0.29, 0.717) is 12.0 Å². The molecule has 0 radical (unpaired) electrons. The topological polar surface area (TPSA) is 27.6 Å². The first-order valence-corrected chi connectivity index (χ1v) is 7.97. The second-order valence-electron chi connectivity index (χ2n) is 5.64. The number of benzene rings is 1. The molecule has 2 aliphatic rings. The highest BCUT2D eigenvalue weighted by atomic mass is 35.5. The Balaban J connectivity index is 1.62. The number of guanidine groups is 1. The quantitative estimate of drug-likeness (QED) is 0.684. The molecule has 108 valence electrons. The fraction of sp³-hybridized carbons (Fsp3) is 0.562. The molecule has 2 fully saturated rings. The third-order valence-electron chi connectivity index (χ3n) is 4.10. The minimum absolute atomic E-state index is 0.513. The molecule has 1 aromatic rings. The number of rotatable bonds is 3. The van der Waals surface area contributed by atoms with Gasteiger partial charge in [-0.15, -0.1) is 0 Å². The number of likely N-dealkylation sites (tertiary alicyclic amines) is 1. The summed E-state index contributed by atoms with van der Waals surface area (Å²) in [6, 6.07) is 8.74. The van der Waals surface area contributed by atoms with Crippen molar-refractivity contribution in [2.24, 2.45) is 4.99 Å². The van der Waals surface area contributed by atoms with Crippen LogP contribution in [0, 0.1) is 0 Å². The molecule has 3 rings (SSSR count). The molecule has 2 unspecified atom stereocenters. The first-order valence-electron chi connectivity index (χ1n) is 7.59. The van der Waals surface area contributed by atoms with E-state index >= 15 is 0 Å². The molecule has 1 heterocycles. The van der Waals surface area contributed by atoms with E-state index < -0.39 is 0 Å². The fourth-order valence-electron chi connectivity index (χ4n) is 2.94. The van der Waals surface area contributed by atoms with Gasteiger partial charge in [0, 0.05) is 36.6 Å². The minimum Gasteiger partial charge on any atom is -0.353 e. The van der Waals surface area contributed by atoms with Crippen molar-refractivity contribution >= 4 is 17.6 Å². The second kappa shape index (κ2) is 6.04. The smallest absolute Gasteiger partial charge is 0.194 e. The second-order valence-corrected chi connectivity index (χ2v) is 6.08. The van der Waals surface area contributed by atoms with Crippen molar-refractivity contribution in [3.8, 4) is 0 Å². The van der Waals surface area contributed by atoms with Crippen LogP contribution in [0.1, 0.15) is 37.7 Å². The number of halogens is 1. The van der Waals surface area contributed by atoms with Crippen LogP contribution in [-0.4, -0.2) is 36.5 Å². The first kappa shape index (κ1) is 13.7. The van der Waals surface area contributed by atoms with Gasteiger partial charge in [-0.25, -0.2) is 0 Å². The zero-order valence-corrected chi connectivity index (χ0v) is 12.7. The molecule has 1 saturated carbocycles. The van der Waals surface area contributed by atoms with Gasteiger partial charge in [0.2, 0.25) is 0 Å². The SMILES string of the molecule is CCN=C(NC1CC1c1cccc(Cl)c1)N1CCCC1. The Bertz CT molecular complexity index is 494. The Morgan fingerprint density at radius 3 is 2.90 bits per heavy atom. The summed E-state index contributed by atoms with van der Waals surface area (Å²) >= 11 is 6.07. The molecule has 1 saturated heterocycles. The van der Waals surface area contributed by atoms with Gasteiger partial charge < -0.3 is 10.2 Å². The normalized spacial score (nSPS) is 25.9. The average Bonchev–Trinajstić information content (AvgIpc) is 2.99. The van der Waals surface area contributed by atoms with Gasteiger partial charge in [-0.2, -0.15) is 0 Å². The van der Waals surface area contributed by atoms with E-state index in [1.165, 1.54) is 24.8 Å². The Hall–Kier alpha value is -1.22. The summed E-state index contributed by atoms with van der Waals surface area (Å²) in [6.45, 7) is 5.22. The maximum atomic E-state index is 6.07. The molecule has 1 aromatic carbocycles. The van der Waals surface area contributed by atoms with Crippen molar-refractivity contribution in [1.29, 1.82) is 0 Å². The third kappa shape index (κ3) is 3.09. The van der Waals surface area contributed by atoms with Crippen LogP contribution >= 0.6 is 11.6 Å². The van der Waals surface area contributed by atoms with E-state index in [4.69, 9.17) is 11.6 Å². The molecule has 0 spiro atoms. The molecule has 4 heteroatoms. The van der Waals surface area contributed by atoms with E-state index in [1.54, 1.807) is 0 Å². The molecular formula is C16H22ClN3. The molecule has 1 aliphatic carbocycles. The van der Waals surface area contributed by atoms with Crippen LogP contribution in [0.4, 0.5) is 0 Å². The standard InChI is InChI=1S/C16H22ClN3/c1-2-18-16(20-8-3-4-9-20)19-15-11-14(15)12-6-5-7-13(17)10-12/h5-7,10,14-15H,2-4,8-9,11H2,1H3,(H,18,19). The Kier molecular flexibility index (Phi) is 4.16. The summed E-state index contributed by atoms with van der Waals surface area (Å²) in [7, 11) is 0. The lowest BCUT2D eigenvalue weighted by atomic mass is 10.1. The molecular weight excluding hydrogens is 270 g/mol. The summed E-state index contributed by atoms with van der Waals surface area (Å²) in [6.07, 6.45) is 3.75. The summed E-state index contributed by atoms with van der Waals surface area (Å²) < 4.78 is 0.